The van der Waals surface area contributed by atoms with Gasteiger partial charge in [0.2, 0.25) is 0 Å². The maximum atomic E-state index is 12.0. The zero-order chi connectivity index (χ0) is 15.7. The fraction of sp³-hybridized carbons (Fsp3) is 0.750. The molecule has 1 N–H and O–H groups in total. The number of allylic oxidation sites excluding steroid dienone is 2. The Morgan fingerprint density at radius 1 is 1.18 bits per heavy atom. The molecule has 0 radical (unpaired) electrons. The topological polar surface area (TPSA) is 37.3 Å². The van der Waals surface area contributed by atoms with Crippen LogP contribution in [-0.4, -0.2) is 17.0 Å². The third-order valence-corrected chi connectivity index (χ3v) is 7.92. The van der Waals surface area contributed by atoms with Gasteiger partial charge in [0.1, 0.15) is 0 Å². The zero-order valence-electron chi connectivity index (χ0n) is 13.9. The van der Waals surface area contributed by atoms with Crippen molar-refractivity contribution in [2.45, 2.75) is 64.9 Å². The smallest absolute Gasteiger partial charge is 0.181 e. The Kier molecular flexibility index (Phi) is 3.05. The van der Waals surface area contributed by atoms with Crippen LogP contribution in [-0.2, 0) is 4.79 Å². The van der Waals surface area contributed by atoms with Crippen LogP contribution in [0.1, 0.15) is 58.8 Å². The summed E-state index contributed by atoms with van der Waals surface area (Å²) in [6.45, 7) is 8.73. The van der Waals surface area contributed by atoms with Crippen molar-refractivity contribution >= 4 is 5.78 Å². The van der Waals surface area contributed by atoms with E-state index in [0.717, 1.165) is 37.2 Å². The molecule has 0 aliphatic heterocycles. The Morgan fingerprint density at radius 2 is 1.95 bits per heavy atom. The van der Waals surface area contributed by atoms with Crippen LogP contribution in [0.25, 0.3) is 0 Å². The van der Waals surface area contributed by atoms with Gasteiger partial charge in [-0.05, 0) is 85.2 Å². The van der Waals surface area contributed by atoms with Gasteiger partial charge in [0.15, 0.2) is 5.78 Å². The Balaban J connectivity index is 1.71. The standard InChI is InChI=1S/C20H28O2/c1-12-11-20(3)13(10-17(12)21)4-5-14-15-6-7-18(22)19(15,2)9-8-16(14)20/h10,14-16,18,22H,1,4-9,11H2,2-3H3/t14-,15+,16+,18+,19+,20-/m1/s1. The molecule has 0 bridgehead atoms. The van der Waals surface area contributed by atoms with E-state index in [2.05, 4.69) is 20.4 Å². The van der Waals surface area contributed by atoms with Crippen molar-refractivity contribution in [3.8, 4) is 0 Å². The van der Waals surface area contributed by atoms with Gasteiger partial charge < -0.3 is 5.11 Å². The number of hydrogen-bond donors (Lipinski definition) is 1. The summed E-state index contributed by atoms with van der Waals surface area (Å²) < 4.78 is 0. The van der Waals surface area contributed by atoms with Gasteiger partial charge in [0.05, 0.1) is 6.10 Å². The molecule has 4 aliphatic rings. The molecule has 22 heavy (non-hydrogen) atoms. The van der Waals surface area contributed by atoms with E-state index in [1.165, 1.54) is 24.8 Å². The molecule has 3 saturated carbocycles. The first-order valence-electron chi connectivity index (χ1n) is 8.97. The highest BCUT2D eigenvalue weighted by Crippen LogP contribution is 2.65. The fourth-order valence-electron chi connectivity index (χ4n) is 6.57. The van der Waals surface area contributed by atoms with Crippen molar-refractivity contribution in [1.29, 1.82) is 0 Å². The Bertz CT molecular complexity index is 574. The largest absolute Gasteiger partial charge is 0.393 e. The Hall–Kier alpha value is -0.890. The monoisotopic (exact) mass is 300 g/mol. The summed E-state index contributed by atoms with van der Waals surface area (Å²) in [5.74, 6) is 2.22. The lowest BCUT2D eigenvalue weighted by Crippen LogP contribution is -2.51. The van der Waals surface area contributed by atoms with Crippen molar-refractivity contribution in [3.63, 3.8) is 0 Å². The lowest BCUT2D eigenvalue weighted by Gasteiger charge is -2.57. The lowest BCUT2D eigenvalue weighted by atomic mass is 9.47. The van der Waals surface area contributed by atoms with Gasteiger partial charge in [-0.25, -0.2) is 0 Å². The Morgan fingerprint density at radius 3 is 2.73 bits per heavy atom. The van der Waals surface area contributed by atoms with E-state index in [4.69, 9.17) is 0 Å². The van der Waals surface area contributed by atoms with Gasteiger partial charge in [0, 0.05) is 0 Å². The van der Waals surface area contributed by atoms with E-state index in [1.807, 2.05) is 6.08 Å². The quantitative estimate of drug-likeness (QED) is 0.685. The molecule has 0 aromatic carbocycles. The number of fused-ring (bicyclic) bond motifs is 5. The maximum absolute atomic E-state index is 12.0. The minimum atomic E-state index is -0.105. The molecule has 0 amide bonds. The molecular weight excluding hydrogens is 272 g/mol. The summed E-state index contributed by atoms with van der Waals surface area (Å²) in [4.78, 5) is 12.0. The third kappa shape index (κ3) is 1.73. The molecule has 0 spiro atoms. The van der Waals surface area contributed by atoms with Crippen LogP contribution in [0.4, 0.5) is 0 Å². The number of carbonyl (C=O) groups excluding carboxylic acids is 1. The van der Waals surface area contributed by atoms with Crippen molar-refractivity contribution in [2.75, 3.05) is 0 Å². The predicted octanol–water partition coefficient (Wildman–Crippen LogP) is 4.05. The van der Waals surface area contributed by atoms with Crippen LogP contribution in [0, 0.1) is 28.6 Å². The zero-order valence-corrected chi connectivity index (χ0v) is 13.9. The number of aliphatic hydroxyl groups excluding tert-OH is 1. The molecule has 3 fully saturated rings. The summed E-state index contributed by atoms with van der Waals surface area (Å²) in [6, 6.07) is 0. The van der Waals surface area contributed by atoms with Gasteiger partial charge in [0.25, 0.3) is 0 Å². The van der Waals surface area contributed by atoms with Crippen LogP contribution in [0.5, 0.6) is 0 Å². The van der Waals surface area contributed by atoms with E-state index in [0.29, 0.717) is 11.8 Å². The van der Waals surface area contributed by atoms with Crippen LogP contribution < -0.4 is 0 Å². The molecule has 2 heteroatoms. The Labute approximate surface area is 133 Å². The summed E-state index contributed by atoms with van der Waals surface area (Å²) in [7, 11) is 0. The van der Waals surface area contributed by atoms with E-state index < -0.39 is 0 Å². The molecule has 4 rings (SSSR count). The SMILES string of the molecule is C=C1C[C@]2(C)C(=CC1=O)CC[C@@H]1[C@@H]3CC[C@H](O)[C@@]3(C)CC[C@@H]12. The van der Waals surface area contributed by atoms with E-state index >= 15 is 0 Å². The molecule has 0 aromatic heterocycles. The molecular formula is C20H28O2. The molecule has 4 aliphatic carbocycles. The minimum Gasteiger partial charge on any atom is -0.393 e. The van der Waals surface area contributed by atoms with Crippen molar-refractivity contribution < 1.29 is 9.90 Å². The molecule has 6 atom stereocenters. The van der Waals surface area contributed by atoms with Crippen LogP contribution in [0.15, 0.2) is 23.8 Å². The molecule has 2 nitrogen and oxygen atoms in total. The first-order valence-corrected chi connectivity index (χ1v) is 8.97. The third-order valence-electron chi connectivity index (χ3n) is 7.92. The fourth-order valence-corrected chi connectivity index (χ4v) is 6.57. The second-order valence-electron chi connectivity index (χ2n) is 8.78. The number of ketones is 1. The highest BCUT2D eigenvalue weighted by atomic mass is 16.3. The first-order chi connectivity index (χ1) is 10.4. The number of carbonyl (C=O) groups is 1. The summed E-state index contributed by atoms with van der Waals surface area (Å²) in [5, 5.41) is 10.5. The van der Waals surface area contributed by atoms with Crippen LogP contribution >= 0.6 is 0 Å². The average molecular weight is 300 g/mol. The van der Waals surface area contributed by atoms with Gasteiger partial charge in [-0.3, -0.25) is 4.79 Å². The van der Waals surface area contributed by atoms with Crippen LogP contribution in [0.2, 0.25) is 0 Å². The summed E-state index contributed by atoms with van der Waals surface area (Å²) >= 11 is 0. The molecule has 120 valence electrons. The van der Waals surface area contributed by atoms with E-state index in [9.17, 15) is 9.90 Å². The average Bonchev–Trinajstić information content (AvgIpc) is 2.77. The van der Waals surface area contributed by atoms with Gasteiger partial charge in [-0.2, -0.15) is 0 Å². The first kappa shape index (κ1) is 14.7. The highest BCUT2D eigenvalue weighted by Gasteiger charge is 2.58. The van der Waals surface area contributed by atoms with Gasteiger partial charge >= 0.3 is 0 Å². The minimum absolute atomic E-state index is 0.105. The predicted molar refractivity (Wildman–Crippen MR) is 87.2 cm³/mol. The van der Waals surface area contributed by atoms with E-state index in [1.54, 1.807) is 0 Å². The number of hydrogen-bond acceptors (Lipinski definition) is 2. The van der Waals surface area contributed by atoms with Crippen molar-refractivity contribution in [1.82, 2.24) is 0 Å². The molecule has 0 aromatic rings. The van der Waals surface area contributed by atoms with Crippen LogP contribution in [0.3, 0.4) is 0 Å². The van der Waals surface area contributed by atoms with Crippen molar-refractivity contribution in [3.05, 3.63) is 23.8 Å². The normalized spacial score (nSPS) is 51.0. The number of aliphatic hydroxyl groups is 1. The lowest BCUT2D eigenvalue weighted by molar-refractivity contribution is -0.113. The molecule has 0 heterocycles. The van der Waals surface area contributed by atoms with E-state index in [-0.39, 0.29) is 22.7 Å². The highest BCUT2D eigenvalue weighted by molar-refractivity contribution is 6.05. The summed E-state index contributed by atoms with van der Waals surface area (Å²) in [6.07, 6.45) is 9.43. The van der Waals surface area contributed by atoms with Gasteiger partial charge in [-0.15, -0.1) is 0 Å². The van der Waals surface area contributed by atoms with Crippen molar-refractivity contribution in [2.24, 2.45) is 28.6 Å². The maximum Gasteiger partial charge on any atom is 0.181 e. The summed E-state index contributed by atoms with van der Waals surface area (Å²) in [5.41, 5.74) is 2.46. The van der Waals surface area contributed by atoms with Gasteiger partial charge in [-0.1, -0.05) is 26.0 Å². The number of rotatable bonds is 0. The molecule has 0 saturated heterocycles. The second kappa shape index (κ2) is 4.56. The molecule has 0 unspecified atom stereocenters. The second-order valence-corrected chi connectivity index (χ2v) is 8.78.